The van der Waals surface area contributed by atoms with Gasteiger partial charge in [-0.2, -0.15) is 5.10 Å². The summed E-state index contributed by atoms with van der Waals surface area (Å²) in [7, 11) is 0. The van der Waals surface area contributed by atoms with Gasteiger partial charge in [0.05, 0.1) is 34.2 Å². The third kappa shape index (κ3) is 4.68. The van der Waals surface area contributed by atoms with Crippen molar-refractivity contribution in [1.29, 1.82) is 0 Å². The number of rotatable bonds is 6. The van der Waals surface area contributed by atoms with Crippen LogP contribution < -0.4 is 10.1 Å². The maximum Gasteiger partial charge on any atom is 0.269 e. The van der Waals surface area contributed by atoms with Gasteiger partial charge in [0.2, 0.25) is 4.80 Å². The quantitative estimate of drug-likeness (QED) is 0.122. The Balaban J connectivity index is 1.54. The van der Waals surface area contributed by atoms with Gasteiger partial charge in [0.25, 0.3) is 5.69 Å². The molecule has 174 valence electrons. The van der Waals surface area contributed by atoms with Gasteiger partial charge in [-0.3, -0.25) is 15.1 Å². The van der Waals surface area contributed by atoms with Crippen molar-refractivity contribution in [3.63, 3.8) is 0 Å². The van der Waals surface area contributed by atoms with Crippen LogP contribution in [0.3, 0.4) is 0 Å². The molecule has 0 fully saturated rings. The fourth-order valence-corrected chi connectivity index (χ4v) is 5.48. The van der Waals surface area contributed by atoms with Crippen molar-refractivity contribution < 1.29 is 4.92 Å². The predicted molar refractivity (Wildman–Crippen MR) is 143 cm³/mol. The summed E-state index contributed by atoms with van der Waals surface area (Å²) in [6, 6.07) is 21.0. The molecule has 1 aromatic heterocycles. The summed E-state index contributed by atoms with van der Waals surface area (Å²) in [6.07, 6.45) is 1.73. The largest absolute Gasteiger partial charge is 0.354 e. The SMILES string of the molecule is C=CCN=c1scc(-c2ccc([N+](=O)[O-])cc2)n1N=C(C)c1ccc2c(c1)Nc1ccccc1S2. The zero-order valence-corrected chi connectivity index (χ0v) is 20.5. The number of nitrogens with zero attached hydrogens (tertiary/aromatic N) is 4. The lowest BCUT2D eigenvalue weighted by atomic mass is 10.1. The maximum absolute atomic E-state index is 11.1. The highest BCUT2D eigenvalue weighted by Gasteiger charge is 2.16. The van der Waals surface area contributed by atoms with Crippen molar-refractivity contribution in [1.82, 2.24) is 4.68 Å². The molecule has 5 rings (SSSR count). The van der Waals surface area contributed by atoms with Crippen molar-refractivity contribution in [2.45, 2.75) is 16.7 Å². The lowest BCUT2D eigenvalue weighted by Crippen LogP contribution is -2.14. The minimum Gasteiger partial charge on any atom is -0.354 e. The van der Waals surface area contributed by atoms with Gasteiger partial charge >= 0.3 is 0 Å². The van der Waals surface area contributed by atoms with E-state index in [9.17, 15) is 10.1 Å². The highest BCUT2D eigenvalue weighted by atomic mass is 32.2. The number of hydrogen-bond acceptors (Lipinski definition) is 7. The zero-order chi connectivity index (χ0) is 24.4. The van der Waals surface area contributed by atoms with Gasteiger partial charge in [0.15, 0.2) is 0 Å². The zero-order valence-electron chi connectivity index (χ0n) is 18.8. The Hall–Kier alpha value is -3.95. The highest BCUT2D eigenvalue weighted by Crippen LogP contribution is 2.44. The van der Waals surface area contributed by atoms with Crippen LogP contribution in [0, 0.1) is 10.1 Å². The molecule has 3 aromatic carbocycles. The molecule has 0 saturated heterocycles. The van der Waals surface area contributed by atoms with E-state index < -0.39 is 4.92 Å². The molecule has 0 saturated carbocycles. The van der Waals surface area contributed by atoms with E-state index in [1.165, 1.54) is 28.4 Å². The highest BCUT2D eigenvalue weighted by molar-refractivity contribution is 7.99. The summed E-state index contributed by atoms with van der Waals surface area (Å²) >= 11 is 3.21. The van der Waals surface area contributed by atoms with E-state index >= 15 is 0 Å². The van der Waals surface area contributed by atoms with Gasteiger partial charge in [0.1, 0.15) is 0 Å². The summed E-state index contributed by atoms with van der Waals surface area (Å²) in [6.45, 7) is 6.19. The Kier molecular flexibility index (Phi) is 6.35. The van der Waals surface area contributed by atoms with Crippen molar-refractivity contribution in [2.24, 2.45) is 10.1 Å². The van der Waals surface area contributed by atoms with E-state index in [-0.39, 0.29) is 5.69 Å². The number of non-ortho nitro benzene ring substituents is 1. The number of fused-ring (bicyclic) bond motifs is 2. The standard InChI is InChI=1S/C26H21N5O2S2/c1-3-14-27-26-30(23(16-34-26)18-8-11-20(12-9-18)31(32)33)29-17(2)19-10-13-25-22(15-19)28-21-6-4-5-7-24(21)35-25/h3-13,15-16,28H,1,14H2,2H3. The molecule has 2 heterocycles. The summed E-state index contributed by atoms with van der Waals surface area (Å²) in [4.78, 5) is 18.3. The van der Waals surface area contributed by atoms with Gasteiger partial charge in [-0.05, 0) is 48.9 Å². The second-order valence-electron chi connectivity index (χ2n) is 7.77. The fourth-order valence-electron chi connectivity index (χ4n) is 3.67. The molecule has 0 atom stereocenters. The van der Waals surface area contributed by atoms with E-state index in [1.807, 2.05) is 24.4 Å². The van der Waals surface area contributed by atoms with E-state index in [2.05, 4.69) is 47.2 Å². The Morgan fingerprint density at radius 2 is 1.89 bits per heavy atom. The molecule has 7 nitrogen and oxygen atoms in total. The van der Waals surface area contributed by atoms with Crippen molar-refractivity contribution in [2.75, 3.05) is 11.9 Å². The lowest BCUT2D eigenvalue weighted by Gasteiger charge is -2.21. The summed E-state index contributed by atoms with van der Waals surface area (Å²) < 4.78 is 1.79. The van der Waals surface area contributed by atoms with Crippen LogP contribution in [0.15, 0.2) is 105 Å². The second kappa shape index (κ2) is 9.73. The minimum atomic E-state index is -0.403. The van der Waals surface area contributed by atoms with Crippen LogP contribution in [-0.2, 0) is 0 Å². The van der Waals surface area contributed by atoms with Crippen molar-refractivity contribution >= 4 is 45.9 Å². The summed E-state index contributed by atoms with van der Waals surface area (Å²) in [5, 5.41) is 21.5. The Bertz CT molecular complexity index is 1530. The first-order valence-corrected chi connectivity index (χ1v) is 12.5. The van der Waals surface area contributed by atoms with Crippen molar-refractivity contribution in [3.05, 3.63) is 105 Å². The van der Waals surface area contributed by atoms with Crippen LogP contribution in [0.2, 0.25) is 0 Å². The molecule has 0 bridgehead atoms. The first-order valence-electron chi connectivity index (χ1n) is 10.8. The molecule has 9 heteroatoms. The molecular weight excluding hydrogens is 478 g/mol. The Labute approximate surface area is 210 Å². The number of benzene rings is 3. The van der Waals surface area contributed by atoms with E-state index in [0.29, 0.717) is 6.54 Å². The lowest BCUT2D eigenvalue weighted by molar-refractivity contribution is -0.384. The fraction of sp³-hybridized carbons (Fsp3) is 0.0769. The van der Waals surface area contributed by atoms with E-state index in [0.717, 1.165) is 43.6 Å². The maximum atomic E-state index is 11.1. The Morgan fingerprint density at radius 3 is 2.66 bits per heavy atom. The van der Waals surface area contributed by atoms with Crippen LogP contribution in [0.5, 0.6) is 0 Å². The number of anilines is 2. The molecule has 1 N–H and O–H groups in total. The molecule has 4 aromatic rings. The van der Waals surface area contributed by atoms with Crippen LogP contribution in [-0.4, -0.2) is 21.9 Å². The average Bonchev–Trinajstić information content (AvgIpc) is 3.27. The van der Waals surface area contributed by atoms with Crippen LogP contribution in [0.4, 0.5) is 17.1 Å². The van der Waals surface area contributed by atoms with Gasteiger partial charge in [-0.1, -0.05) is 36.0 Å². The van der Waals surface area contributed by atoms with Gasteiger partial charge < -0.3 is 5.32 Å². The van der Waals surface area contributed by atoms with Crippen molar-refractivity contribution in [3.8, 4) is 11.3 Å². The number of aromatic nitrogens is 1. The normalized spacial score (nSPS) is 13.1. The number of para-hydroxylation sites is 1. The van der Waals surface area contributed by atoms with Gasteiger partial charge in [-0.15, -0.1) is 17.9 Å². The smallest absolute Gasteiger partial charge is 0.269 e. The van der Waals surface area contributed by atoms with Crippen LogP contribution in [0.1, 0.15) is 12.5 Å². The second-order valence-corrected chi connectivity index (χ2v) is 9.69. The number of hydrogen-bond donors (Lipinski definition) is 1. The molecule has 0 unspecified atom stereocenters. The van der Waals surface area contributed by atoms with Gasteiger partial charge in [-0.25, -0.2) is 4.68 Å². The third-order valence-corrected chi connectivity index (χ3v) is 7.44. The first kappa shape index (κ1) is 22.8. The summed E-state index contributed by atoms with van der Waals surface area (Å²) in [5.74, 6) is 0. The van der Waals surface area contributed by atoms with E-state index in [1.54, 1.807) is 34.6 Å². The topological polar surface area (TPSA) is 84.8 Å². The van der Waals surface area contributed by atoms with Crippen LogP contribution >= 0.6 is 23.1 Å². The molecule has 0 radical (unpaired) electrons. The first-order chi connectivity index (χ1) is 17.0. The van der Waals surface area contributed by atoms with Crippen LogP contribution in [0.25, 0.3) is 11.3 Å². The minimum absolute atomic E-state index is 0.0489. The molecule has 0 spiro atoms. The Morgan fingerprint density at radius 1 is 1.11 bits per heavy atom. The molecule has 1 aliphatic rings. The molecule has 0 aliphatic carbocycles. The van der Waals surface area contributed by atoms with E-state index in [4.69, 9.17) is 5.10 Å². The number of nitro groups is 1. The predicted octanol–water partition coefficient (Wildman–Crippen LogP) is 6.69. The van der Waals surface area contributed by atoms with Gasteiger partial charge in [0, 0.05) is 32.9 Å². The number of nitrogens with one attached hydrogen (secondary N) is 1. The number of thiazole rings is 1. The molecular formula is C26H21N5O2S2. The summed E-state index contributed by atoms with van der Waals surface area (Å²) in [5.41, 5.74) is 5.63. The third-order valence-electron chi connectivity index (χ3n) is 5.44. The molecule has 1 aliphatic heterocycles. The average molecular weight is 500 g/mol. The monoisotopic (exact) mass is 499 g/mol. The molecule has 0 amide bonds. The molecule has 35 heavy (non-hydrogen) atoms. The number of nitro benzene ring substituents is 1.